The summed E-state index contributed by atoms with van der Waals surface area (Å²) in [6, 6.07) is 10.6. The summed E-state index contributed by atoms with van der Waals surface area (Å²) in [6.07, 6.45) is 5.53. The maximum atomic E-state index is 9.16. The number of methoxy groups -OCH3 is 1. The van der Waals surface area contributed by atoms with E-state index in [-0.39, 0.29) is 5.75 Å². The van der Waals surface area contributed by atoms with Crippen LogP contribution in [0.5, 0.6) is 11.5 Å². The van der Waals surface area contributed by atoms with E-state index < -0.39 is 0 Å². The van der Waals surface area contributed by atoms with Crippen LogP contribution >= 0.6 is 0 Å². The van der Waals surface area contributed by atoms with E-state index in [1.807, 2.05) is 30.4 Å². The van der Waals surface area contributed by atoms with E-state index in [4.69, 9.17) is 9.84 Å². The Bertz CT molecular complexity index is 518. The van der Waals surface area contributed by atoms with Crippen LogP contribution in [-0.4, -0.2) is 17.2 Å². The van der Waals surface area contributed by atoms with E-state index in [2.05, 4.69) is 4.98 Å². The second kappa shape index (κ2) is 5.16. The summed E-state index contributed by atoms with van der Waals surface area (Å²) in [5, 5.41) is 9.16. The summed E-state index contributed by atoms with van der Waals surface area (Å²) in [5.74, 6) is 1.05. The zero-order valence-corrected chi connectivity index (χ0v) is 9.50. The Hall–Kier alpha value is -2.29. The van der Waals surface area contributed by atoms with Crippen molar-refractivity contribution >= 4 is 12.2 Å². The van der Waals surface area contributed by atoms with Crippen LogP contribution in [-0.2, 0) is 0 Å². The van der Waals surface area contributed by atoms with Crippen molar-refractivity contribution in [1.29, 1.82) is 0 Å². The molecule has 0 amide bonds. The molecule has 0 spiro atoms. The normalized spacial score (nSPS) is 10.6. The first-order valence-electron chi connectivity index (χ1n) is 5.25. The lowest BCUT2D eigenvalue weighted by atomic mass is 10.2. The molecule has 2 aromatic rings. The predicted molar refractivity (Wildman–Crippen MR) is 67.8 cm³/mol. The zero-order chi connectivity index (χ0) is 12.1. The fraction of sp³-hybridized carbons (Fsp3) is 0.0714. The molecule has 2 rings (SSSR count). The average Bonchev–Trinajstić information content (AvgIpc) is 2.38. The average molecular weight is 227 g/mol. The van der Waals surface area contributed by atoms with Gasteiger partial charge in [-0.1, -0.05) is 18.2 Å². The highest BCUT2D eigenvalue weighted by Crippen LogP contribution is 2.14. The van der Waals surface area contributed by atoms with Gasteiger partial charge in [0.2, 0.25) is 0 Å². The maximum Gasteiger partial charge on any atom is 0.122 e. The highest BCUT2D eigenvalue weighted by atomic mass is 16.5. The number of phenols is 1. The lowest BCUT2D eigenvalue weighted by Crippen LogP contribution is -1.85. The third-order valence-electron chi connectivity index (χ3n) is 2.33. The molecule has 0 unspecified atom stereocenters. The van der Waals surface area contributed by atoms with Crippen molar-refractivity contribution in [3.05, 3.63) is 53.9 Å². The molecule has 0 aliphatic rings. The molecule has 86 valence electrons. The standard InChI is InChI=1S/C14H13NO2/c1-17-14-8-9-15-12(10-14)5-2-11-3-6-13(16)7-4-11/h2-10,16H,1H3/b5-2+. The number of aromatic hydroxyl groups is 1. The minimum atomic E-state index is 0.265. The number of hydrogen-bond acceptors (Lipinski definition) is 3. The molecule has 1 heterocycles. The Labute approximate surface area is 100 Å². The van der Waals surface area contributed by atoms with E-state index >= 15 is 0 Å². The van der Waals surface area contributed by atoms with Crippen LogP contribution in [0.25, 0.3) is 12.2 Å². The van der Waals surface area contributed by atoms with Crippen molar-refractivity contribution in [2.45, 2.75) is 0 Å². The first-order chi connectivity index (χ1) is 8.28. The molecule has 0 saturated carbocycles. The second-order valence-electron chi connectivity index (χ2n) is 3.55. The number of benzene rings is 1. The Morgan fingerprint density at radius 1 is 1.12 bits per heavy atom. The lowest BCUT2D eigenvalue weighted by molar-refractivity contribution is 0.414. The van der Waals surface area contributed by atoms with Crippen molar-refractivity contribution < 1.29 is 9.84 Å². The third kappa shape index (κ3) is 3.08. The van der Waals surface area contributed by atoms with E-state index in [9.17, 15) is 0 Å². The van der Waals surface area contributed by atoms with Crippen LogP contribution in [0, 0.1) is 0 Å². The van der Waals surface area contributed by atoms with Gasteiger partial charge >= 0.3 is 0 Å². The molecule has 0 aliphatic carbocycles. The summed E-state index contributed by atoms with van der Waals surface area (Å²) in [7, 11) is 1.63. The molecule has 0 atom stereocenters. The second-order valence-corrected chi connectivity index (χ2v) is 3.55. The third-order valence-corrected chi connectivity index (χ3v) is 2.33. The quantitative estimate of drug-likeness (QED) is 0.876. The van der Waals surface area contributed by atoms with Gasteiger partial charge in [0.05, 0.1) is 12.8 Å². The lowest BCUT2D eigenvalue weighted by Gasteiger charge is -1.99. The molecule has 3 nitrogen and oxygen atoms in total. The maximum absolute atomic E-state index is 9.16. The predicted octanol–water partition coefficient (Wildman–Crippen LogP) is 2.97. The number of hydrogen-bond donors (Lipinski definition) is 1. The smallest absolute Gasteiger partial charge is 0.122 e. The Morgan fingerprint density at radius 3 is 2.59 bits per heavy atom. The fourth-order valence-electron chi connectivity index (χ4n) is 1.41. The molecule has 1 aromatic heterocycles. The molecular weight excluding hydrogens is 214 g/mol. The largest absolute Gasteiger partial charge is 0.508 e. The summed E-state index contributed by atoms with van der Waals surface area (Å²) < 4.78 is 5.12. The topological polar surface area (TPSA) is 42.4 Å². The number of nitrogens with zero attached hydrogens (tertiary/aromatic N) is 1. The highest BCUT2D eigenvalue weighted by molar-refractivity contribution is 5.68. The van der Waals surface area contributed by atoms with Crippen molar-refractivity contribution in [3.8, 4) is 11.5 Å². The van der Waals surface area contributed by atoms with Gasteiger partial charge in [0, 0.05) is 12.3 Å². The first kappa shape index (κ1) is 11.2. The van der Waals surface area contributed by atoms with E-state index in [0.29, 0.717) is 0 Å². The fourth-order valence-corrected chi connectivity index (χ4v) is 1.41. The van der Waals surface area contributed by atoms with Crippen LogP contribution in [0.3, 0.4) is 0 Å². The van der Waals surface area contributed by atoms with Gasteiger partial charge in [-0.15, -0.1) is 0 Å². The SMILES string of the molecule is COc1ccnc(/C=C/c2ccc(O)cc2)c1. The van der Waals surface area contributed by atoms with Crippen LogP contribution < -0.4 is 4.74 Å². The van der Waals surface area contributed by atoms with Gasteiger partial charge < -0.3 is 9.84 Å². The van der Waals surface area contributed by atoms with Gasteiger partial charge in [-0.3, -0.25) is 4.98 Å². The Kier molecular flexibility index (Phi) is 3.40. The Balaban J connectivity index is 2.16. The summed E-state index contributed by atoms with van der Waals surface area (Å²) in [6.45, 7) is 0. The van der Waals surface area contributed by atoms with Crippen molar-refractivity contribution in [2.75, 3.05) is 7.11 Å². The van der Waals surface area contributed by atoms with Gasteiger partial charge in [0.15, 0.2) is 0 Å². The van der Waals surface area contributed by atoms with Crippen LogP contribution in [0.15, 0.2) is 42.6 Å². The van der Waals surface area contributed by atoms with Gasteiger partial charge in [-0.25, -0.2) is 0 Å². The summed E-state index contributed by atoms with van der Waals surface area (Å²) >= 11 is 0. The molecule has 0 saturated heterocycles. The molecule has 0 fully saturated rings. The molecule has 17 heavy (non-hydrogen) atoms. The van der Waals surface area contributed by atoms with E-state index in [1.165, 1.54) is 0 Å². The van der Waals surface area contributed by atoms with E-state index in [1.54, 1.807) is 31.5 Å². The number of aromatic nitrogens is 1. The molecule has 0 radical (unpaired) electrons. The molecular formula is C14H13NO2. The van der Waals surface area contributed by atoms with Gasteiger partial charge in [-0.05, 0) is 29.8 Å². The molecule has 0 bridgehead atoms. The molecule has 1 N–H and O–H groups in total. The minimum Gasteiger partial charge on any atom is -0.508 e. The van der Waals surface area contributed by atoms with Crippen LogP contribution in [0.1, 0.15) is 11.3 Å². The minimum absolute atomic E-state index is 0.265. The van der Waals surface area contributed by atoms with Gasteiger partial charge in [0.25, 0.3) is 0 Å². The zero-order valence-electron chi connectivity index (χ0n) is 9.50. The first-order valence-corrected chi connectivity index (χ1v) is 5.25. The van der Waals surface area contributed by atoms with Crippen LogP contribution in [0.2, 0.25) is 0 Å². The van der Waals surface area contributed by atoms with Crippen LogP contribution in [0.4, 0.5) is 0 Å². The van der Waals surface area contributed by atoms with Gasteiger partial charge in [-0.2, -0.15) is 0 Å². The number of rotatable bonds is 3. The summed E-state index contributed by atoms with van der Waals surface area (Å²) in [4.78, 5) is 4.20. The molecule has 1 aromatic carbocycles. The van der Waals surface area contributed by atoms with Crippen molar-refractivity contribution in [3.63, 3.8) is 0 Å². The number of ether oxygens (including phenoxy) is 1. The van der Waals surface area contributed by atoms with Crippen molar-refractivity contribution in [1.82, 2.24) is 4.98 Å². The number of phenolic OH excluding ortho intramolecular Hbond substituents is 1. The highest BCUT2D eigenvalue weighted by Gasteiger charge is 1.93. The summed E-state index contributed by atoms with van der Waals surface area (Å²) in [5.41, 5.74) is 1.84. The van der Waals surface area contributed by atoms with Gasteiger partial charge in [0.1, 0.15) is 11.5 Å². The Morgan fingerprint density at radius 2 is 1.88 bits per heavy atom. The molecule has 3 heteroatoms. The van der Waals surface area contributed by atoms with E-state index in [0.717, 1.165) is 17.0 Å². The molecule has 0 aliphatic heterocycles. The number of pyridine rings is 1. The monoisotopic (exact) mass is 227 g/mol. The van der Waals surface area contributed by atoms with Crippen molar-refractivity contribution in [2.24, 2.45) is 0 Å².